The summed E-state index contributed by atoms with van der Waals surface area (Å²) in [6.45, 7) is -0.678. The van der Waals surface area contributed by atoms with Crippen LogP contribution in [0.3, 0.4) is 0 Å². The van der Waals surface area contributed by atoms with Crippen LogP contribution in [0.15, 0.2) is 59.2 Å². The van der Waals surface area contributed by atoms with E-state index in [4.69, 9.17) is 0 Å². The molecule has 3 aromatic rings. The molecule has 148 valence electrons. The Morgan fingerprint density at radius 1 is 1.21 bits per heavy atom. The van der Waals surface area contributed by atoms with Gasteiger partial charge in [-0.2, -0.15) is 13.2 Å². The van der Waals surface area contributed by atoms with E-state index in [0.717, 1.165) is 21.2 Å². The van der Waals surface area contributed by atoms with Crippen LogP contribution in [0, 0.1) is 0 Å². The number of imidazole rings is 1. The highest BCUT2D eigenvalue weighted by molar-refractivity contribution is 7.99. The fraction of sp³-hybridized carbons (Fsp3) is 0.263. The van der Waals surface area contributed by atoms with Crippen LogP contribution in [0.4, 0.5) is 13.2 Å². The highest BCUT2D eigenvalue weighted by Gasteiger charge is 2.31. The monoisotopic (exact) mass is 425 g/mol. The summed E-state index contributed by atoms with van der Waals surface area (Å²) in [5.41, 5.74) is 1.02. The minimum atomic E-state index is -4.39. The maximum atomic E-state index is 13.1. The van der Waals surface area contributed by atoms with Gasteiger partial charge in [0.2, 0.25) is 5.91 Å². The molecule has 0 aliphatic rings. The second-order valence-electron chi connectivity index (χ2n) is 6.11. The van der Waals surface area contributed by atoms with Crippen molar-refractivity contribution in [3.05, 3.63) is 58.9 Å². The van der Waals surface area contributed by atoms with Crippen molar-refractivity contribution in [2.24, 2.45) is 0 Å². The van der Waals surface area contributed by atoms with Crippen LogP contribution in [0.1, 0.15) is 4.88 Å². The first-order chi connectivity index (χ1) is 13.3. The van der Waals surface area contributed by atoms with Gasteiger partial charge in [-0.25, -0.2) is 4.98 Å². The van der Waals surface area contributed by atoms with Crippen LogP contribution in [-0.2, 0) is 17.9 Å². The number of rotatable bonds is 7. The quantitative estimate of drug-likeness (QED) is 0.504. The minimum Gasteiger partial charge on any atom is -0.340 e. The van der Waals surface area contributed by atoms with Crippen molar-refractivity contribution >= 4 is 29.0 Å². The number of alkyl halides is 3. The summed E-state index contributed by atoms with van der Waals surface area (Å²) < 4.78 is 40.4. The van der Waals surface area contributed by atoms with E-state index in [2.05, 4.69) is 4.98 Å². The van der Waals surface area contributed by atoms with Gasteiger partial charge in [0.05, 0.1) is 24.2 Å². The van der Waals surface area contributed by atoms with Crippen molar-refractivity contribution in [2.45, 2.75) is 24.4 Å². The van der Waals surface area contributed by atoms with Crippen molar-refractivity contribution in [1.82, 2.24) is 14.5 Å². The molecular formula is C19H18F3N3OS2. The maximum Gasteiger partial charge on any atom is 0.406 e. The minimum absolute atomic E-state index is 0.0188. The predicted octanol–water partition coefficient (Wildman–Crippen LogP) is 4.92. The van der Waals surface area contributed by atoms with E-state index >= 15 is 0 Å². The van der Waals surface area contributed by atoms with E-state index in [1.807, 2.05) is 17.5 Å². The zero-order valence-electron chi connectivity index (χ0n) is 15.0. The van der Waals surface area contributed by atoms with Gasteiger partial charge in [-0.1, -0.05) is 48.2 Å². The van der Waals surface area contributed by atoms with Gasteiger partial charge in [0.1, 0.15) is 6.54 Å². The van der Waals surface area contributed by atoms with Crippen molar-refractivity contribution in [2.75, 3.05) is 12.8 Å². The topological polar surface area (TPSA) is 38.1 Å². The molecule has 0 bridgehead atoms. The molecular weight excluding hydrogens is 407 g/mol. The maximum absolute atomic E-state index is 13.1. The highest BCUT2D eigenvalue weighted by atomic mass is 32.2. The summed E-state index contributed by atoms with van der Waals surface area (Å²) in [7, 11) is 1.68. The Morgan fingerprint density at radius 3 is 2.61 bits per heavy atom. The number of carbonyl (C=O) groups excluding carboxylic acids is 1. The molecule has 1 aromatic carbocycles. The highest BCUT2D eigenvalue weighted by Crippen LogP contribution is 2.30. The van der Waals surface area contributed by atoms with E-state index in [-0.39, 0.29) is 16.8 Å². The second-order valence-corrected chi connectivity index (χ2v) is 8.09. The number of carbonyl (C=O) groups is 1. The standard InChI is InChI=1S/C19H18F3N3OS2/c1-24(11-15-8-5-9-27-15)17(26)12-28-18-23-10-16(14-6-3-2-4-7-14)25(18)13-19(20,21)22/h2-10H,11-13H2,1H3. The zero-order valence-corrected chi connectivity index (χ0v) is 16.7. The third-order valence-electron chi connectivity index (χ3n) is 3.95. The van der Waals surface area contributed by atoms with Gasteiger partial charge in [-0.15, -0.1) is 11.3 Å². The van der Waals surface area contributed by atoms with E-state index < -0.39 is 12.7 Å². The van der Waals surface area contributed by atoms with E-state index in [0.29, 0.717) is 17.8 Å². The molecule has 0 radical (unpaired) electrons. The second kappa shape index (κ2) is 8.83. The molecule has 9 heteroatoms. The van der Waals surface area contributed by atoms with Crippen molar-refractivity contribution in [3.63, 3.8) is 0 Å². The first-order valence-electron chi connectivity index (χ1n) is 8.40. The van der Waals surface area contributed by atoms with E-state index in [1.165, 1.54) is 6.20 Å². The number of amides is 1. The molecule has 0 atom stereocenters. The van der Waals surface area contributed by atoms with Crippen molar-refractivity contribution in [3.8, 4) is 11.3 Å². The lowest BCUT2D eigenvalue weighted by Gasteiger charge is -2.17. The first-order valence-corrected chi connectivity index (χ1v) is 10.3. The van der Waals surface area contributed by atoms with Crippen LogP contribution in [0.2, 0.25) is 0 Å². The third kappa shape index (κ3) is 5.39. The fourth-order valence-electron chi connectivity index (χ4n) is 2.61. The molecule has 0 fully saturated rings. The van der Waals surface area contributed by atoms with Crippen LogP contribution < -0.4 is 0 Å². The van der Waals surface area contributed by atoms with Crippen molar-refractivity contribution < 1.29 is 18.0 Å². The van der Waals surface area contributed by atoms with Crippen LogP contribution in [0.25, 0.3) is 11.3 Å². The lowest BCUT2D eigenvalue weighted by molar-refractivity contribution is -0.141. The lowest BCUT2D eigenvalue weighted by atomic mass is 10.2. The molecule has 0 saturated carbocycles. The van der Waals surface area contributed by atoms with Crippen molar-refractivity contribution in [1.29, 1.82) is 0 Å². The molecule has 3 rings (SSSR count). The van der Waals surface area contributed by atoms with E-state index in [1.54, 1.807) is 53.6 Å². The number of thioether (sulfide) groups is 1. The van der Waals surface area contributed by atoms with Gasteiger partial charge < -0.3 is 9.47 Å². The summed E-state index contributed by atoms with van der Waals surface area (Å²) in [4.78, 5) is 19.1. The number of benzene rings is 1. The number of thiophene rings is 1. The molecule has 0 aliphatic heterocycles. The Balaban J connectivity index is 1.74. The average molecular weight is 426 g/mol. The molecule has 1 amide bonds. The van der Waals surface area contributed by atoms with Gasteiger partial charge in [-0.3, -0.25) is 4.79 Å². The Kier molecular flexibility index (Phi) is 6.46. The van der Waals surface area contributed by atoms with Crippen LogP contribution >= 0.6 is 23.1 Å². The summed E-state index contributed by atoms with van der Waals surface area (Å²) in [5, 5.41) is 2.11. The van der Waals surface area contributed by atoms with Crippen LogP contribution in [-0.4, -0.2) is 39.3 Å². The molecule has 4 nitrogen and oxygen atoms in total. The van der Waals surface area contributed by atoms with Crippen LogP contribution in [0.5, 0.6) is 0 Å². The predicted molar refractivity (Wildman–Crippen MR) is 105 cm³/mol. The molecule has 0 spiro atoms. The van der Waals surface area contributed by atoms with Gasteiger partial charge in [0, 0.05) is 11.9 Å². The number of hydrogen-bond donors (Lipinski definition) is 0. The molecule has 28 heavy (non-hydrogen) atoms. The Labute approximate surface area is 169 Å². The third-order valence-corrected chi connectivity index (χ3v) is 5.79. The first kappa shape index (κ1) is 20.5. The molecule has 2 aromatic heterocycles. The summed E-state index contributed by atoms with van der Waals surface area (Å²) in [6.07, 6.45) is -2.97. The molecule has 2 heterocycles. The Morgan fingerprint density at radius 2 is 1.96 bits per heavy atom. The number of aromatic nitrogens is 2. The zero-order chi connectivity index (χ0) is 20.1. The normalized spacial score (nSPS) is 11.6. The average Bonchev–Trinajstić information content (AvgIpc) is 3.29. The smallest absolute Gasteiger partial charge is 0.340 e. The lowest BCUT2D eigenvalue weighted by Crippen LogP contribution is -2.27. The molecule has 0 unspecified atom stereocenters. The van der Waals surface area contributed by atoms with Gasteiger partial charge in [0.15, 0.2) is 5.16 Å². The largest absolute Gasteiger partial charge is 0.406 e. The Hall–Kier alpha value is -2.26. The number of hydrogen-bond acceptors (Lipinski definition) is 4. The Bertz CT molecular complexity index is 908. The number of halogens is 3. The fourth-order valence-corrected chi connectivity index (χ4v) is 4.28. The SMILES string of the molecule is CN(Cc1cccs1)C(=O)CSc1ncc(-c2ccccc2)n1CC(F)(F)F. The van der Waals surface area contributed by atoms with E-state index in [9.17, 15) is 18.0 Å². The van der Waals surface area contributed by atoms with Gasteiger partial charge >= 0.3 is 6.18 Å². The molecule has 0 N–H and O–H groups in total. The van der Waals surface area contributed by atoms with Gasteiger partial charge in [0.25, 0.3) is 0 Å². The van der Waals surface area contributed by atoms with Gasteiger partial charge in [-0.05, 0) is 17.0 Å². The molecule has 0 aliphatic carbocycles. The summed E-state index contributed by atoms with van der Waals surface area (Å²) in [5.74, 6) is -0.147. The molecule has 0 saturated heterocycles. The summed E-state index contributed by atoms with van der Waals surface area (Å²) >= 11 is 2.57. The number of nitrogens with zero attached hydrogens (tertiary/aromatic N) is 3. The summed E-state index contributed by atoms with van der Waals surface area (Å²) in [6, 6.07) is 12.6.